The van der Waals surface area contributed by atoms with Gasteiger partial charge in [0.25, 0.3) is 0 Å². The SMILES string of the molecule is COCCCNS(=O)(=O)c1cnn(CC(=O)O)c1. The summed E-state index contributed by atoms with van der Waals surface area (Å²) in [4.78, 5) is 10.4. The first-order chi connectivity index (χ1) is 8.45. The van der Waals surface area contributed by atoms with E-state index >= 15 is 0 Å². The third-order valence-electron chi connectivity index (χ3n) is 2.03. The monoisotopic (exact) mass is 277 g/mol. The summed E-state index contributed by atoms with van der Waals surface area (Å²) in [7, 11) is -2.11. The lowest BCUT2D eigenvalue weighted by molar-refractivity contribution is -0.137. The maximum atomic E-state index is 11.7. The number of ether oxygens (including phenoxy) is 1. The number of carboxylic acids is 1. The Morgan fingerprint density at radius 2 is 2.33 bits per heavy atom. The van der Waals surface area contributed by atoms with Gasteiger partial charge in [0.15, 0.2) is 0 Å². The number of carbonyl (C=O) groups is 1. The van der Waals surface area contributed by atoms with Crippen molar-refractivity contribution in [2.24, 2.45) is 0 Å². The summed E-state index contributed by atoms with van der Waals surface area (Å²) < 4.78 is 31.7. The molecule has 0 saturated carbocycles. The van der Waals surface area contributed by atoms with E-state index in [1.165, 1.54) is 13.3 Å². The number of hydrogen-bond donors (Lipinski definition) is 2. The molecule has 1 aromatic rings. The van der Waals surface area contributed by atoms with Crippen molar-refractivity contribution in [2.45, 2.75) is 17.9 Å². The molecule has 0 aliphatic carbocycles. The third kappa shape index (κ3) is 4.43. The molecular weight excluding hydrogens is 262 g/mol. The van der Waals surface area contributed by atoms with Gasteiger partial charge in [-0.15, -0.1) is 0 Å². The second kappa shape index (κ2) is 6.47. The first kappa shape index (κ1) is 14.6. The zero-order chi connectivity index (χ0) is 13.6. The Morgan fingerprint density at radius 1 is 1.61 bits per heavy atom. The largest absolute Gasteiger partial charge is 0.480 e. The molecule has 2 N–H and O–H groups in total. The van der Waals surface area contributed by atoms with E-state index in [-0.39, 0.29) is 18.0 Å². The first-order valence-electron chi connectivity index (χ1n) is 5.18. The number of methoxy groups -OCH3 is 1. The Kier molecular flexibility index (Phi) is 5.25. The number of sulfonamides is 1. The highest BCUT2D eigenvalue weighted by molar-refractivity contribution is 7.89. The predicted molar refractivity (Wildman–Crippen MR) is 61.5 cm³/mol. The van der Waals surface area contributed by atoms with Crippen molar-refractivity contribution in [3.05, 3.63) is 12.4 Å². The summed E-state index contributed by atoms with van der Waals surface area (Å²) in [6, 6.07) is 0. The molecule has 0 atom stereocenters. The van der Waals surface area contributed by atoms with E-state index in [9.17, 15) is 13.2 Å². The maximum Gasteiger partial charge on any atom is 0.325 e. The van der Waals surface area contributed by atoms with Crippen molar-refractivity contribution in [2.75, 3.05) is 20.3 Å². The second-order valence-corrected chi connectivity index (χ2v) is 5.28. The molecular formula is C9H15N3O5S. The third-order valence-corrected chi connectivity index (χ3v) is 3.45. The average Bonchev–Trinajstić information content (AvgIpc) is 2.73. The Morgan fingerprint density at radius 3 is 2.94 bits per heavy atom. The van der Waals surface area contributed by atoms with E-state index in [0.717, 1.165) is 10.9 Å². The summed E-state index contributed by atoms with van der Waals surface area (Å²) in [6.07, 6.45) is 2.84. The summed E-state index contributed by atoms with van der Waals surface area (Å²) in [5.41, 5.74) is 0. The van der Waals surface area contributed by atoms with Gasteiger partial charge in [-0.3, -0.25) is 9.48 Å². The Hall–Kier alpha value is -1.45. The van der Waals surface area contributed by atoms with Crippen LogP contribution in [0.2, 0.25) is 0 Å². The summed E-state index contributed by atoms with van der Waals surface area (Å²) in [6.45, 7) is 0.334. The van der Waals surface area contributed by atoms with Crippen LogP contribution in [-0.2, 0) is 26.1 Å². The Labute approximate surface area is 105 Å². The standard InChI is InChI=1S/C9H15N3O5S/c1-17-4-2-3-11-18(15,16)8-5-10-12(6-8)7-9(13)14/h5-6,11H,2-4,7H2,1H3,(H,13,14). The normalized spacial score (nSPS) is 11.6. The van der Waals surface area contributed by atoms with E-state index in [0.29, 0.717) is 13.0 Å². The van der Waals surface area contributed by atoms with Crippen molar-refractivity contribution in [3.63, 3.8) is 0 Å². The minimum Gasteiger partial charge on any atom is -0.480 e. The highest BCUT2D eigenvalue weighted by Crippen LogP contribution is 2.06. The molecule has 0 radical (unpaired) electrons. The molecule has 0 amide bonds. The van der Waals surface area contributed by atoms with Crippen LogP contribution in [-0.4, -0.2) is 49.5 Å². The van der Waals surface area contributed by atoms with Gasteiger partial charge in [-0.25, -0.2) is 13.1 Å². The molecule has 1 aromatic heterocycles. The number of nitrogens with zero attached hydrogens (tertiary/aromatic N) is 2. The molecule has 0 bridgehead atoms. The van der Waals surface area contributed by atoms with Gasteiger partial charge >= 0.3 is 5.97 Å². The van der Waals surface area contributed by atoms with Crippen LogP contribution in [0.5, 0.6) is 0 Å². The predicted octanol–water partition coefficient (Wildman–Crippen LogP) is -0.717. The van der Waals surface area contributed by atoms with E-state index in [1.54, 1.807) is 0 Å². The number of rotatable bonds is 8. The fourth-order valence-corrected chi connectivity index (χ4v) is 2.24. The van der Waals surface area contributed by atoms with Crippen LogP contribution < -0.4 is 4.72 Å². The van der Waals surface area contributed by atoms with Gasteiger partial charge in [0.2, 0.25) is 10.0 Å². The molecule has 0 saturated heterocycles. The molecule has 0 spiro atoms. The lowest BCUT2D eigenvalue weighted by atomic mass is 10.5. The van der Waals surface area contributed by atoms with Crippen molar-refractivity contribution in [1.29, 1.82) is 0 Å². The van der Waals surface area contributed by atoms with Gasteiger partial charge in [-0.2, -0.15) is 5.10 Å². The van der Waals surface area contributed by atoms with Gasteiger partial charge < -0.3 is 9.84 Å². The van der Waals surface area contributed by atoms with Crippen LogP contribution >= 0.6 is 0 Å². The summed E-state index contributed by atoms with van der Waals surface area (Å²) in [5.74, 6) is -1.09. The molecule has 18 heavy (non-hydrogen) atoms. The molecule has 0 aliphatic rings. The van der Waals surface area contributed by atoms with Gasteiger partial charge in [-0.1, -0.05) is 0 Å². The first-order valence-corrected chi connectivity index (χ1v) is 6.67. The van der Waals surface area contributed by atoms with Crippen molar-refractivity contribution >= 4 is 16.0 Å². The van der Waals surface area contributed by atoms with E-state index in [4.69, 9.17) is 9.84 Å². The molecule has 0 fully saturated rings. The molecule has 0 aromatic carbocycles. The molecule has 9 heteroatoms. The fraction of sp³-hybridized carbons (Fsp3) is 0.556. The van der Waals surface area contributed by atoms with Crippen molar-refractivity contribution < 1.29 is 23.1 Å². The average molecular weight is 277 g/mol. The van der Waals surface area contributed by atoms with Crippen molar-refractivity contribution in [3.8, 4) is 0 Å². The van der Waals surface area contributed by atoms with Gasteiger partial charge in [0, 0.05) is 26.5 Å². The van der Waals surface area contributed by atoms with Crippen LogP contribution in [0.25, 0.3) is 0 Å². The quantitative estimate of drug-likeness (QED) is 0.607. The number of aliphatic carboxylic acids is 1. The molecule has 0 aliphatic heterocycles. The smallest absolute Gasteiger partial charge is 0.325 e. The van der Waals surface area contributed by atoms with Crippen LogP contribution in [0.1, 0.15) is 6.42 Å². The number of nitrogens with one attached hydrogen (secondary N) is 1. The molecule has 1 rings (SSSR count). The summed E-state index contributed by atoms with van der Waals surface area (Å²) in [5, 5.41) is 12.2. The van der Waals surface area contributed by atoms with Crippen LogP contribution in [0.15, 0.2) is 17.3 Å². The number of hydrogen-bond acceptors (Lipinski definition) is 5. The summed E-state index contributed by atoms with van der Waals surface area (Å²) >= 11 is 0. The highest BCUT2D eigenvalue weighted by Gasteiger charge is 2.16. The van der Waals surface area contributed by atoms with Crippen LogP contribution in [0.3, 0.4) is 0 Å². The topological polar surface area (TPSA) is 111 Å². The number of aromatic nitrogens is 2. The van der Waals surface area contributed by atoms with Gasteiger partial charge in [-0.05, 0) is 6.42 Å². The second-order valence-electron chi connectivity index (χ2n) is 3.51. The number of carboxylic acid groups (broad SMARTS) is 1. The lowest BCUT2D eigenvalue weighted by Crippen LogP contribution is -2.25. The highest BCUT2D eigenvalue weighted by atomic mass is 32.2. The lowest BCUT2D eigenvalue weighted by Gasteiger charge is -2.03. The maximum absolute atomic E-state index is 11.7. The minimum atomic E-state index is -3.64. The van der Waals surface area contributed by atoms with E-state index < -0.39 is 16.0 Å². The Balaban J connectivity index is 2.61. The molecule has 8 nitrogen and oxygen atoms in total. The van der Waals surface area contributed by atoms with E-state index in [1.807, 2.05) is 0 Å². The van der Waals surface area contributed by atoms with Crippen LogP contribution in [0.4, 0.5) is 0 Å². The van der Waals surface area contributed by atoms with Crippen LogP contribution in [0, 0.1) is 0 Å². The molecule has 102 valence electrons. The van der Waals surface area contributed by atoms with Gasteiger partial charge in [0.05, 0.1) is 6.20 Å². The molecule has 1 heterocycles. The zero-order valence-electron chi connectivity index (χ0n) is 9.87. The Bertz CT molecular complexity index is 496. The van der Waals surface area contributed by atoms with Gasteiger partial charge in [0.1, 0.15) is 11.4 Å². The fourth-order valence-electron chi connectivity index (χ4n) is 1.21. The van der Waals surface area contributed by atoms with Crippen molar-refractivity contribution in [1.82, 2.24) is 14.5 Å². The van der Waals surface area contributed by atoms with E-state index in [2.05, 4.69) is 9.82 Å². The zero-order valence-corrected chi connectivity index (χ0v) is 10.7. The molecule has 0 unspecified atom stereocenters. The minimum absolute atomic E-state index is 0.0545.